The number of hydrogen-bond donors (Lipinski definition) is 3. The van der Waals surface area contributed by atoms with Gasteiger partial charge in [-0.05, 0) is 42.5 Å². The number of nitrogens with zero attached hydrogens (tertiary/aromatic N) is 1. The van der Waals surface area contributed by atoms with Gasteiger partial charge in [0.25, 0.3) is 0 Å². The van der Waals surface area contributed by atoms with Crippen molar-refractivity contribution in [2.45, 2.75) is 58.2 Å². The molecule has 2 atom stereocenters. The lowest BCUT2D eigenvalue weighted by Gasteiger charge is -2.25. The van der Waals surface area contributed by atoms with E-state index in [1.54, 1.807) is 12.1 Å². The molecule has 0 bridgehead atoms. The van der Waals surface area contributed by atoms with Gasteiger partial charge in [0.2, 0.25) is 15.9 Å². The van der Waals surface area contributed by atoms with E-state index in [1.165, 1.54) is 4.31 Å². The normalized spacial score (nSPS) is 13.5. The van der Waals surface area contributed by atoms with E-state index in [1.807, 2.05) is 56.3 Å². The molecule has 0 spiro atoms. The largest absolute Gasteiger partial charge is 0.390 e. The molecule has 9 heteroatoms. The highest BCUT2D eigenvalue weighted by Crippen LogP contribution is 2.13. The molecule has 1 amide bonds. The molecule has 0 aliphatic carbocycles. The van der Waals surface area contributed by atoms with Gasteiger partial charge < -0.3 is 15.7 Å². The number of benzene rings is 2. The van der Waals surface area contributed by atoms with Crippen LogP contribution in [-0.4, -0.2) is 61.3 Å². The third kappa shape index (κ3) is 10.7. The number of hydrogen-bond acceptors (Lipinski definition) is 5. The second-order valence-electron chi connectivity index (χ2n) is 8.65. The van der Waals surface area contributed by atoms with Crippen molar-refractivity contribution < 1.29 is 18.3 Å². The molecule has 0 unspecified atom stereocenters. The molecular weight excluding hydrogens is 486 g/mol. The molecular formula is C26H38ClN3O4S. The second kappa shape index (κ2) is 15.2. The molecule has 0 heterocycles. The number of nitrogens with one attached hydrogen (secondary N) is 2. The van der Waals surface area contributed by atoms with Gasteiger partial charge in [0.1, 0.15) is 0 Å². The van der Waals surface area contributed by atoms with Gasteiger partial charge in [-0.3, -0.25) is 4.79 Å². The summed E-state index contributed by atoms with van der Waals surface area (Å²) in [6.07, 6.45) is 0.800. The van der Waals surface area contributed by atoms with E-state index in [4.69, 9.17) is 11.6 Å². The fourth-order valence-electron chi connectivity index (χ4n) is 3.78. The van der Waals surface area contributed by atoms with Crippen LogP contribution in [0.15, 0.2) is 54.6 Å². The summed E-state index contributed by atoms with van der Waals surface area (Å²) in [5.41, 5.74) is 2.00. The summed E-state index contributed by atoms with van der Waals surface area (Å²) >= 11 is 5.99. The Morgan fingerprint density at radius 2 is 1.63 bits per heavy atom. The van der Waals surface area contributed by atoms with Crippen LogP contribution in [0, 0.1) is 0 Å². The molecule has 0 fully saturated rings. The standard InChI is InChI=1S/C26H38ClN3O4S/c1-3-15-30(16-4-2)35(33,34)17-14-26(32)29-24(18-21-10-12-23(27)13-11-21)25(31)20-28-19-22-8-6-5-7-9-22/h5-13,24-25,28,31H,3-4,14-20H2,1-2H3,(H,29,32)/t24-,25+/m0/s1. The van der Waals surface area contributed by atoms with E-state index >= 15 is 0 Å². The second-order valence-corrected chi connectivity index (χ2v) is 11.2. The van der Waals surface area contributed by atoms with Gasteiger partial charge in [-0.15, -0.1) is 0 Å². The smallest absolute Gasteiger partial charge is 0.221 e. The zero-order chi connectivity index (χ0) is 25.7. The van der Waals surface area contributed by atoms with Gasteiger partial charge in [0, 0.05) is 37.6 Å². The highest BCUT2D eigenvalue weighted by atomic mass is 35.5. The first kappa shape index (κ1) is 29.3. The number of aliphatic hydroxyl groups is 1. The third-order valence-electron chi connectivity index (χ3n) is 5.63. The van der Waals surface area contributed by atoms with E-state index in [0.717, 1.165) is 24.0 Å². The van der Waals surface area contributed by atoms with Crippen LogP contribution >= 0.6 is 11.6 Å². The molecule has 0 aromatic heterocycles. The highest BCUT2D eigenvalue weighted by molar-refractivity contribution is 7.89. The minimum absolute atomic E-state index is 0.159. The Morgan fingerprint density at radius 3 is 2.23 bits per heavy atom. The predicted octanol–water partition coefficient (Wildman–Crippen LogP) is 3.36. The number of amides is 1. The molecule has 194 valence electrons. The van der Waals surface area contributed by atoms with E-state index in [9.17, 15) is 18.3 Å². The van der Waals surface area contributed by atoms with Crippen molar-refractivity contribution in [3.63, 3.8) is 0 Å². The maximum absolute atomic E-state index is 12.7. The number of aliphatic hydroxyl groups excluding tert-OH is 1. The van der Waals surface area contributed by atoms with Gasteiger partial charge in [-0.2, -0.15) is 0 Å². The predicted molar refractivity (Wildman–Crippen MR) is 142 cm³/mol. The SMILES string of the molecule is CCCN(CCC)S(=O)(=O)CCC(=O)N[C@@H](Cc1ccc(Cl)cc1)[C@H](O)CNCc1ccccc1. The van der Waals surface area contributed by atoms with E-state index in [-0.39, 0.29) is 18.7 Å². The van der Waals surface area contributed by atoms with Crippen molar-refractivity contribution in [1.29, 1.82) is 0 Å². The minimum Gasteiger partial charge on any atom is -0.390 e. The van der Waals surface area contributed by atoms with Crippen LogP contribution in [0.5, 0.6) is 0 Å². The highest BCUT2D eigenvalue weighted by Gasteiger charge is 2.25. The van der Waals surface area contributed by atoms with Crippen LogP contribution in [0.25, 0.3) is 0 Å². The van der Waals surface area contributed by atoms with Crippen LogP contribution in [0.1, 0.15) is 44.2 Å². The van der Waals surface area contributed by atoms with Crippen molar-refractivity contribution in [3.05, 3.63) is 70.7 Å². The maximum atomic E-state index is 12.7. The summed E-state index contributed by atoms with van der Waals surface area (Å²) in [6, 6.07) is 16.5. The van der Waals surface area contributed by atoms with E-state index in [0.29, 0.717) is 31.1 Å². The number of carbonyl (C=O) groups excluding carboxylic acids is 1. The monoisotopic (exact) mass is 523 g/mol. The van der Waals surface area contributed by atoms with Crippen LogP contribution < -0.4 is 10.6 Å². The molecule has 2 aromatic rings. The van der Waals surface area contributed by atoms with Crippen molar-refractivity contribution >= 4 is 27.5 Å². The van der Waals surface area contributed by atoms with Crippen LogP contribution in [0.4, 0.5) is 0 Å². The molecule has 7 nitrogen and oxygen atoms in total. The molecule has 0 saturated heterocycles. The summed E-state index contributed by atoms with van der Waals surface area (Å²) in [5, 5.41) is 17.6. The molecule has 2 rings (SSSR count). The molecule has 0 saturated carbocycles. The lowest BCUT2D eigenvalue weighted by molar-refractivity contribution is -0.122. The quantitative estimate of drug-likeness (QED) is 0.313. The van der Waals surface area contributed by atoms with Gasteiger partial charge in [0.05, 0.1) is 17.9 Å². The third-order valence-corrected chi connectivity index (χ3v) is 7.76. The van der Waals surface area contributed by atoms with Crippen molar-refractivity contribution in [1.82, 2.24) is 14.9 Å². The average Bonchev–Trinajstić information content (AvgIpc) is 2.84. The Labute approximate surface area is 214 Å². The number of halogens is 1. The van der Waals surface area contributed by atoms with E-state index in [2.05, 4.69) is 10.6 Å². The maximum Gasteiger partial charge on any atom is 0.221 e. The lowest BCUT2D eigenvalue weighted by Crippen LogP contribution is -2.49. The van der Waals surface area contributed by atoms with Crippen molar-refractivity contribution in [3.8, 4) is 0 Å². The van der Waals surface area contributed by atoms with Gasteiger partial charge in [-0.1, -0.05) is 67.9 Å². The molecule has 2 aromatic carbocycles. The molecule has 0 aliphatic rings. The fourth-order valence-corrected chi connectivity index (χ4v) is 5.53. The Bertz CT molecular complexity index is 981. The summed E-state index contributed by atoms with van der Waals surface area (Å²) < 4.78 is 26.9. The Balaban J connectivity index is 2.00. The van der Waals surface area contributed by atoms with Crippen molar-refractivity contribution in [2.75, 3.05) is 25.4 Å². The van der Waals surface area contributed by atoms with Gasteiger partial charge in [-0.25, -0.2) is 12.7 Å². The summed E-state index contributed by atoms with van der Waals surface area (Å²) in [4.78, 5) is 12.7. The molecule has 3 N–H and O–H groups in total. The first-order valence-corrected chi connectivity index (χ1v) is 14.2. The first-order valence-electron chi connectivity index (χ1n) is 12.2. The zero-order valence-electron chi connectivity index (χ0n) is 20.6. The van der Waals surface area contributed by atoms with Gasteiger partial charge >= 0.3 is 0 Å². The Hall–Kier alpha value is -1.97. The zero-order valence-corrected chi connectivity index (χ0v) is 22.2. The van der Waals surface area contributed by atoms with E-state index < -0.39 is 28.1 Å². The topological polar surface area (TPSA) is 98.7 Å². The summed E-state index contributed by atoms with van der Waals surface area (Å²) in [5.74, 6) is -0.655. The molecule has 0 radical (unpaired) electrons. The number of rotatable bonds is 16. The Kier molecular flexibility index (Phi) is 12.7. The Morgan fingerprint density at radius 1 is 1.00 bits per heavy atom. The average molecular weight is 524 g/mol. The minimum atomic E-state index is -3.52. The number of sulfonamides is 1. The number of carbonyl (C=O) groups is 1. The fraction of sp³-hybridized carbons (Fsp3) is 0.500. The van der Waals surface area contributed by atoms with Gasteiger partial charge in [0.15, 0.2) is 0 Å². The van der Waals surface area contributed by atoms with Crippen LogP contribution in [-0.2, 0) is 27.8 Å². The van der Waals surface area contributed by atoms with Crippen molar-refractivity contribution in [2.24, 2.45) is 0 Å². The first-order chi connectivity index (χ1) is 16.7. The summed E-state index contributed by atoms with van der Waals surface area (Å²) in [6.45, 7) is 5.61. The van der Waals surface area contributed by atoms with Crippen LogP contribution in [0.3, 0.4) is 0 Å². The molecule has 35 heavy (non-hydrogen) atoms. The summed E-state index contributed by atoms with van der Waals surface area (Å²) in [7, 11) is -3.52. The van der Waals surface area contributed by atoms with Crippen LogP contribution in [0.2, 0.25) is 5.02 Å². The lowest BCUT2D eigenvalue weighted by atomic mass is 10.0. The molecule has 0 aliphatic heterocycles.